The lowest BCUT2D eigenvalue weighted by Crippen LogP contribution is -2.23. The Morgan fingerprint density at radius 1 is 1.28 bits per heavy atom. The normalized spacial score (nSPS) is 12.5. The van der Waals surface area contributed by atoms with Gasteiger partial charge in [-0.25, -0.2) is 9.87 Å². The number of hydrogen-bond acceptors (Lipinski definition) is 4. The van der Waals surface area contributed by atoms with E-state index in [0.29, 0.717) is 23.4 Å². The molecule has 0 spiro atoms. The van der Waals surface area contributed by atoms with Gasteiger partial charge >= 0.3 is 0 Å². The molecule has 0 atom stereocenters. The van der Waals surface area contributed by atoms with Crippen molar-refractivity contribution in [3.8, 4) is 0 Å². The van der Waals surface area contributed by atoms with Gasteiger partial charge in [-0.3, -0.25) is 14.4 Å². The summed E-state index contributed by atoms with van der Waals surface area (Å²) >= 11 is 0. The van der Waals surface area contributed by atoms with E-state index in [0.717, 1.165) is 12.0 Å². The van der Waals surface area contributed by atoms with E-state index >= 15 is 0 Å². The first kappa shape index (κ1) is 16.9. The van der Waals surface area contributed by atoms with Crippen LogP contribution in [0.15, 0.2) is 30.3 Å². The summed E-state index contributed by atoms with van der Waals surface area (Å²) in [5.74, 6) is -1.14. The minimum atomic E-state index is -0.488. The van der Waals surface area contributed by atoms with Crippen molar-refractivity contribution in [1.29, 1.82) is 0 Å². The molecule has 0 bridgehead atoms. The van der Waals surface area contributed by atoms with Crippen LogP contribution in [0.2, 0.25) is 0 Å². The van der Waals surface area contributed by atoms with Gasteiger partial charge in [0, 0.05) is 12.1 Å². The van der Waals surface area contributed by atoms with Gasteiger partial charge in [-0.1, -0.05) is 13.0 Å². The first-order valence-corrected chi connectivity index (χ1v) is 7.87. The Kier molecular flexibility index (Phi) is 4.67. The van der Waals surface area contributed by atoms with Crippen molar-refractivity contribution in [2.75, 3.05) is 12.4 Å². The number of aryl methyl sites for hydroxylation is 1. The lowest BCUT2D eigenvalue weighted by Gasteiger charge is -2.14. The Labute approximate surface area is 144 Å². The molecule has 0 aliphatic carbocycles. The predicted octanol–water partition coefficient (Wildman–Crippen LogP) is 2.67. The van der Waals surface area contributed by atoms with Crippen molar-refractivity contribution < 1.29 is 18.8 Å². The molecule has 2 aromatic carbocycles. The molecule has 1 heterocycles. The molecule has 130 valence electrons. The summed E-state index contributed by atoms with van der Waals surface area (Å²) in [4.78, 5) is 28.8. The fourth-order valence-electron chi connectivity index (χ4n) is 2.74. The first-order valence-electron chi connectivity index (χ1n) is 7.87. The summed E-state index contributed by atoms with van der Waals surface area (Å²) in [5, 5.41) is 5.61. The van der Waals surface area contributed by atoms with Crippen LogP contribution in [-0.4, -0.2) is 18.9 Å². The quantitative estimate of drug-likeness (QED) is 0.729. The Morgan fingerprint density at radius 2 is 2.08 bits per heavy atom. The van der Waals surface area contributed by atoms with E-state index < -0.39 is 11.7 Å². The van der Waals surface area contributed by atoms with Crippen LogP contribution in [0, 0.1) is 5.82 Å². The minimum Gasteiger partial charge on any atom is -0.352 e. The fraction of sp³-hybridized carbons (Fsp3) is 0.222. The zero-order chi connectivity index (χ0) is 18.0. The zero-order valence-corrected chi connectivity index (χ0v) is 13.9. The first-order chi connectivity index (χ1) is 12.0. The largest absolute Gasteiger partial charge is 0.352 e. The maximum absolute atomic E-state index is 14.3. The number of hydroxylamine groups is 1. The third-order valence-electron chi connectivity index (χ3n) is 4.08. The molecule has 1 aliphatic heterocycles. The van der Waals surface area contributed by atoms with Gasteiger partial charge in [0.1, 0.15) is 5.82 Å². The highest BCUT2D eigenvalue weighted by molar-refractivity contribution is 6.05. The van der Waals surface area contributed by atoms with E-state index in [4.69, 9.17) is 0 Å². The SMILES string of the molecule is CCc1ccc(Nc2cc3c(cc2C(=O)NOC)CNC3=O)c(F)c1. The second-order valence-electron chi connectivity index (χ2n) is 5.67. The second-order valence-corrected chi connectivity index (χ2v) is 5.67. The molecule has 3 N–H and O–H groups in total. The third kappa shape index (κ3) is 3.32. The van der Waals surface area contributed by atoms with Gasteiger partial charge in [0.15, 0.2) is 0 Å². The smallest absolute Gasteiger partial charge is 0.276 e. The van der Waals surface area contributed by atoms with Gasteiger partial charge in [0.25, 0.3) is 11.8 Å². The number of hydrogen-bond donors (Lipinski definition) is 3. The number of amides is 2. The highest BCUT2D eigenvalue weighted by atomic mass is 19.1. The predicted molar refractivity (Wildman–Crippen MR) is 91.1 cm³/mol. The number of anilines is 2. The van der Waals surface area contributed by atoms with E-state index in [1.165, 1.54) is 13.2 Å². The van der Waals surface area contributed by atoms with Crippen molar-refractivity contribution in [1.82, 2.24) is 10.8 Å². The molecule has 25 heavy (non-hydrogen) atoms. The van der Waals surface area contributed by atoms with Gasteiger partial charge in [0.05, 0.1) is 24.0 Å². The second kappa shape index (κ2) is 6.90. The monoisotopic (exact) mass is 343 g/mol. The Balaban J connectivity index is 2.03. The van der Waals surface area contributed by atoms with Crippen LogP contribution in [0.4, 0.5) is 15.8 Å². The molecule has 2 aromatic rings. The highest BCUT2D eigenvalue weighted by Gasteiger charge is 2.24. The molecule has 0 aromatic heterocycles. The van der Waals surface area contributed by atoms with Gasteiger partial charge in [-0.05, 0) is 41.8 Å². The van der Waals surface area contributed by atoms with Crippen molar-refractivity contribution in [3.63, 3.8) is 0 Å². The summed E-state index contributed by atoms with van der Waals surface area (Å²) in [6.45, 7) is 2.29. The highest BCUT2D eigenvalue weighted by Crippen LogP contribution is 2.29. The number of carbonyl (C=O) groups is 2. The lowest BCUT2D eigenvalue weighted by atomic mass is 10.0. The molecule has 0 fully saturated rings. The van der Waals surface area contributed by atoms with Crippen LogP contribution in [-0.2, 0) is 17.8 Å². The topological polar surface area (TPSA) is 79.5 Å². The molecule has 3 rings (SSSR count). The molecular formula is C18H18FN3O3. The number of carbonyl (C=O) groups excluding carboxylic acids is 2. The van der Waals surface area contributed by atoms with Crippen LogP contribution in [0.25, 0.3) is 0 Å². The molecule has 2 amide bonds. The number of rotatable bonds is 5. The minimum absolute atomic E-state index is 0.224. The van der Waals surface area contributed by atoms with Gasteiger partial charge in [-0.15, -0.1) is 0 Å². The van der Waals surface area contributed by atoms with Crippen molar-refractivity contribution in [2.24, 2.45) is 0 Å². The maximum Gasteiger partial charge on any atom is 0.276 e. The molecule has 6 nitrogen and oxygen atoms in total. The Bertz CT molecular complexity index is 852. The fourth-order valence-corrected chi connectivity index (χ4v) is 2.74. The summed E-state index contributed by atoms with van der Waals surface area (Å²) < 4.78 is 14.3. The Hall–Kier alpha value is -2.93. The van der Waals surface area contributed by atoms with Gasteiger partial charge < -0.3 is 10.6 Å². The van der Waals surface area contributed by atoms with Gasteiger partial charge in [-0.2, -0.15) is 0 Å². The van der Waals surface area contributed by atoms with E-state index in [2.05, 4.69) is 21.0 Å². The van der Waals surface area contributed by atoms with Crippen molar-refractivity contribution in [2.45, 2.75) is 19.9 Å². The molecule has 0 unspecified atom stereocenters. The standard InChI is InChI=1S/C18H18FN3O3/c1-3-10-4-5-15(14(19)6-10)21-16-8-12-11(9-20-17(12)23)7-13(16)18(24)22-25-2/h4-8,21H,3,9H2,1-2H3,(H,20,23)(H,22,24). The molecule has 0 saturated heterocycles. The maximum atomic E-state index is 14.3. The molecule has 7 heteroatoms. The van der Waals surface area contributed by atoms with Crippen LogP contribution in [0.3, 0.4) is 0 Å². The van der Waals surface area contributed by atoms with Gasteiger partial charge in [0.2, 0.25) is 0 Å². The van der Waals surface area contributed by atoms with Crippen LogP contribution in [0.1, 0.15) is 38.8 Å². The summed E-state index contributed by atoms with van der Waals surface area (Å²) in [6.07, 6.45) is 0.720. The summed E-state index contributed by atoms with van der Waals surface area (Å²) in [7, 11) is 1.33. The van der Waals surface area contributed by atoms with E-state index in [-0.39, 0.29) is 17.2 Å². The lowest BCUT2D eigenvalue weighted by molar-refractivity contribution is 0.0538. The summed E-state index contributed by atoms with van der Waals surface area (Å²) in [6, 6.07) is 8.01. The zero-order valence-electron chi connectivity index (χ0n) is 13.9. The average molecular weight is 343 g/mol. The number of benzene rings is 2. The van der Waals surface area contributed by atoms with Crippen LogP contribution >= 0.6 is 0 Å². The van der Waals surface area contributed by atoms with E-state index in [1.807, 2.05) is 6.92 Å². The number of halogens is 1. The van der Waals surface area contributed by atoms with Crippen molar-refractivity contribution in [3.05, 3.63) is 58.4 Å². The van der Waals surface area contributed by atoms with E-state index in [9.17, 15) is 14.0 Å². The van der Waals surface area contributed by atoms with Crippen LogP contribution < -0.4 is 16.1 Å². The average Bonchev–Trinajstić information content (AvgIpc) is 2.96. The number of fused-ring (bicyclic) bond motifs is 1. The Morgan fingerprint density at radius 3 is 2.76 bits per heavy atom. The molecule has 0 saturated carbocycles. The summed E-state index contributed by atoms with van der Waals surface area (Å²) in [5.41, 5.74) is 5.09. The van der Waals surface area contributed by atoms with Crippen LogP contribution in [0.5, 0.6) is 0 Å². The van der Waals surface area contributed by atoms with E-state index in [1.54, 1.807) is 24.3 Å². The molecular weight excluding hydrogens is 325 g/mol. The number of nitrogens with one attached hydrogen (secondary N) is 3. The van der Waals surface area contributed by atoms with Crippen molar-refractivity contribution >= 4 is 23.2 Å². The molecule has 1 aliphatic rings. The molecule has 0 radical (unpaired) electrons. The third-order valence-corrected chi connectivity index (χ3v) is 4.08.